The molecule has 0 unspecified atom stereocenters. The van der Waals surface area contributed by atoms with Crippen LogP contribution in [0.3, 0.4) is 0 Å². The summed E-state index contributed by atoms with van der Waals surface area (Å²) in [4.78, 5) is 2.32. The zero-order chi connectivity index (χ0) is 31.6. The molecule has 0 amide bonds. The molecule has 0 aliphatic heterocycles. The van der Waals surface area contributed by atoms with Crippen LogP contribution in [-0.2, 0) is 0 Å². The van der Waals surface area contributed by atoms with Gasteiger partial charge in [0.2, 0.25) is 11.8 Å². The van der Waals surface area contributed by atoms with Crippen molar-refractivity contribution < 1.29 is 9.15 Å². The topological polar surface area (TPSA) is 51.4 Å². The number of nitrogens with zero attached hydrogens (tertiary/aromatic N) is 3. The molecule has 8 rings (SSSR count). The molecule has 0 spiro atoms. The zero-order valence-electron chi connectivity index (χ0n) is 26.4. The molecule has 0 fully saturated rings. The number of unbranched alkanes of at least 4 members (excludes halogenated alkanes) is 3. The zero-order valence-corrected chi connectivity index (χ0v) is 26.4. The lowest BCUT2D eigenvalue weighted by Gasteiger charge is -2.27. The van der Waals surface area contributed by atoms with E-state index in [1.807, 2.05) is 36.4 Å². The fraction of sp³-hybridized carbons (Fsp3) is 0.143. The highest BCUT2D eigenvalue weighted by atomic mass is 16.5. The SMILES string of the molecule is CCCCCCOc1ccc(-c2nnc(-c3ccc(N(c4ccccc4)c4ccc5ccc6cccc7ccc4c5c67)cc3)o2)cc1. The Morgan fingerprint density at radius 3 is 1.87 bits per heavy atom. The second-order valence-corrected chi connectivity index (χ2v) is 12.0. The maximum atomic E-state index is 6.14. The molecule has 5 heteroatoms. The van der Waals surface area contributed by atoms with Crippen LogP contribution in [0.15, 0.2) is 138 Å². The number of hydrogen-bond acceptors (Lipinski definition) is 5. The maximum Gasteiger partial charge on any atom is 0.248 e. The number of anilines is 3. The smallest absolute Gasteiger partial charge is 0.248 e. The Balaban J connectivity index is 1.10. The van der Waals surface area contributed by atoms with Crippen LogP contribution in [0.1, 0.15) is 32.6 Å². The van der Waals surface area contributed by atoms with Crippen LogP contribution in [0.5, 0.6) is 5.75 Å². The Hall–Kier alpha value is -5.68. The molecule has 5 nitrogen and oxygen atoms in total. The molecular formula is C42H35N3O2. The van der Waals surface area contributed by atoms with Gasteiger partial charge in [0.05, 0.1) is 12.3 Å². The summed E-state index contributed by atoms with van der Waals surface area (Å²) in [7, 11) is 0. The van der Waals surface area contributed by atoms with Gasteiger partial charge in [0, 0.05) is 27.9 Å². The largest absolute Gasteiger partial charge is 0.494 e. The van der Waals surface area contributed by atoms with Crippen molar-refractivity contribution in [2.24, 2.45) is 0 Å². The van der Waals surface area contributed by atoms with E-state index in [9.17, 15) is 0 Å². The summed E-state index contributed by atoms with van der Waals surface area (Å²) >= 11 is 0. The Morgan fingerprint density at radius 2 is 1.17 bits per heavy atom. The van der Waals surface area contributed by atoms with E-state index in [4.69, 9.17) is 9.15 Å². The lowest BCUT2D eigenvalue weighted by molar-refractivity contribution is 0.305. The number of rotatable bonds is 11. The summed E-state index contributed by atoms with van der Waals surface area (Å²) in [6.45, 7) is 2.95. The van der Waals surface area contributed by atoms with Gasteiger partial charge in [0.1, 0.15) is 5.75 Å². The van der Waals surface area contributed by atoms with Crippen LogP contribution in [0, 0.1) is 0 Å². The fourth-order valence-corrected chi connectivity index (χ4v) is 6.54. The van der Waals surface area contributed by atoms with Crippen LogP contribution in [-0.4, -0.2) is 16.8 Å². The van der Waals surface area contributed by atoms with Gasteiger partial charge < -0.3 is 14.1 Å². The van der Waals surface area contributed by atoms with Crippen molar-refractivity contribution in [3.63, 3.8) is 0 Å². The van der Waals surface area contributed by atoms with Crippen molar-refractivity contribution in [2.45, 2.75) is 32.6 Å². The van der Waals surface area contributed by atoms with Crippen LogP contribution in [0.25, 0.3) is 55.2 Å². The van der Waals surface area contributed by atoms with E-state index >= 15 is 0 Å². The molecule has 47 heavy (non-hydrogen) atoms. The summed E-state index contributed by atoms with van der Waals surface area (Å²) < 4.78 is 12.0. The van der Waals surface area contributed by atoms with Gasteiger partial charge in [-0.1, -0.05) is 92.9 Å². The third kappa shape index (κ3) is 5.55. The van der Waals surface area contributed by atoms with Gasteiger partial charge in [-0.3, -0.25) is 0 Å². The van der Waals surface area contributed by atoms with Crippen LogP contribution >= 0.6 is 0 Å². The number of hydrogen-bond donors (Lipinski definition) is 0. The molecule has 1 heterocycles. The van der Waals surface area contributed by atoms with E-state index in [0.29, 0.717) is 11.8 Å². The molecule has 0 aliphatic carbocycles. The monoisotopic (exact) mass is 613 g/mol. The number of para-hydroxylation sites is 1. The Kier molecular flexibility index (Phi) is 7.72. The molecule has 7 aromatic carbocycles. The predicted molar refractivity (Wildman–Crippen MR) is 193 cm³/mol. The van der Waals surface area contributed by atoms with E-state index in [1.165, 1.54) is 51.6 Å². The Morgan fingerprint density at radius 1 is 0.553 bits per heavy atom. The summed E-state index contributed by atoms with van der Waals surface area (Å²) in [6.07, 6.45) is 4.74. The Labute approximate surface area is 274 Å². The molecule has 0 atom stereocenters. The van der Waals surface area contributed by atoms with Crippen LogP contribution < -0.4 is 9.64 Å². The van der Waals surface area contributed by atoms with Gasteiger partial charge in [-0.05, 0) is 100 Å². The summed E-state index contributed by atoms with van der Waals surface area (Å²) in [5, 5.41) is 16.3. The minimum Gasteiger partial charge on any atom is -0.494 e. The third-order valence-electron chi connectivity index (χ3n) is 8.93. The van der Waals surface area contributed by atoms with Gasteiger partial charge in [0.25, 0.3) is 0 Å². The number of aromatic nitrogens is 2. The van der Waals surface area contributed by atoms with Gasteiger partial charge in [-0.2, -0.15) is 0 Å². The van der Waals surface area contributed by atoms with E-state index in [-0.39, 0.29) is 0 Å². The first-order valence-corrected chi connectivity index (χ1v) is 16.5. The van der Waals surface area contributed by atoms with Crippen molar-refractivity contribution in [1.82, 2.24) is 10.2 Å². The summed E-state index contributed by atoms with van der Waals surface area (Å²) in [5.74, 6) is 1.82. The predicted octanol–water partition coefficient (Wildman–Crippen LogP) is 11.7. The average Bonchev–Trinajstić information content (AvgIpc) is 3.63. The summed E-state index contributed by atoms with van der Waals surface area (Å²) in [6, 6.07) is 46.7. The van der Waals surface area contributed by atoms with E-state index in [0.717, 1.165) is 47.0 Å². The summed E-state index contributed by atoms with van der Waals surface area (Å²) in [5.41, 5.74) is 4.98. The van der Waals surface area contributed by atoms with Gasteiger partial charge in [0.15, 0.2) is 0 Å². The minimum atomic E-state index is 0.483. The molecule has 1 aromatic heterocycles. The van der Waals surface area contributed by atoms with Crippen molar-refractivity contribution in [2.75, 3.05) is 11.5 Å². The standard InChI is InChI=1S/C42H35N3O2/c1-2-3-4-8-28-46-36-24-18-33(19-25-36)42-44-43-41(47-42)32-16-22-35(23-17-32)45(34-12-6-5-7-13-34)38-27-21-31-15-14-29-10-9-11-30-20-26-37(38)40(31)39(29)30/h5-7,9-27H,2-4,8,28H2,1H3. The van der Waals surface area contributed by atoms with Gasteiger partial charge >= 0.3 is 0 Å². The van der Waals surface area contributed by atoms with Crippen molar-refractivity contribution >= 4 is 49.4 Å². The number of ether oxygens (including phenoxy) is 1. The van der Waals surface area contributed by atoms with Gasteiger partial charge in [-0.15, -0.1) is 10.2 Å². The lowest BCUT2D eigenvalue weighted by Crippen LogP contribution is -2.10. The first-order chi connectivity index (χ1) is 23.3. The fourth-order valence-electron chi connectivity index (χ4n) is 6.54. The molecule has 0 N–H and O–H groups in total. The van der Waals surface area contributed by atoms with Crippen molar-refractivity contribution in [1.29, 1.82) is 0 Å². The first-order valence-electron chi connectivity index (χ1n) is 16.5. The molecule has 0 saturated carbocycles. The highest BCUT2D eigenvalue weighted by molar-refractivity contribution is 6.25. The molecular weight excluding hydrogens is 578 g/mol. The van der Waals surface area contributed by atoms with E-state index in [1.54, 1.807) is 0 Å². The van der Waals surface area contributed by atoms with E-state index < -0.39 is 0 Å². The lowest BCUT2D eigenvalue weighted by atomic mass is 9.93. The van der Waals surface area contributed by atoms with Gasteiger partial charge in [-0.25, -0.2) is 0 Å². The second-order valence-electron chi connectivity index (χ2n) is 12.0. The number of benzene rings is 7. The second kappa shape index (κ2) is 12.6. The normalized spacial score (nSPS) is 11.5. The molecule has 8 aromatic rings. The van der Waals surface area contributed by atoms with Crippen molar-refractivity contribution in [3.8, 4) is 28.7 Å². The first kappa shape index (κ1) is 28.8. The quantitative estimate of drug-likeness (QED) is 0.107. The molecule has 0 bridgehead atoms. The minimum absolute atomic E-state index is 0.483. The molecule has 0 saturated heterocycles. The molecule has 0 radical (unpaired) electrons. The van der Waals surface area contributed by atoms with Crippen molar-refractivity contribution in [3.05, 3.63) is 133 Å². The highest BCUT2D eigenvalue weighted by Crippen LogP contribution is 2.44. The Bertz CT molecular complexity index is 2240. The molecule has 0 aliphatic rings. The van der Waals surface area contributed by atoms with Crippen LogP contribution in [0.2, 0.25) is 0 Å². The average molecular weight is 614 g/mol. The molecule has 230 valence electrons. The van der Waals surface area contributed by atoms with E-state index in [2.05, 4.69) is 119 Å². The maximum absolute atomic E-state index is 6.14. The highest BCUT2D eigenvalue weighted by Gasteiger charge is 2.19. The van der Waals surface area contributed by atoms with Crippen LogP contribution in [0.4, 0.5) is 17.1 Å². The third-order valence-corrected chi connectivity index (χ3v) is 8.93.